The number of hydrogen-bond donors (Lipinski definition) is 1. The van der Waals surface area contributed by atoms with Crippen LogP contribution in [0.15, 0.2) is 0 Å². The SMILES string of the molecule is CCC(OCC1CO1)(OCC1CO1)[Si](C)(C)O. The molecule has 2 saturated heterocycles. The Morgan fingerprint density at radius 3 is 1.82 bits per heavy atom. The van der Waals surface area contributed by atoms with Gasteiger partial charge < -0.3 is 23.7 Å². The molecule has 0 saturated carbocycles. The zero-order valence-electron chi connectivity index (χ0n) is 10.8. The number of ether oxygens (including phenoxy) is 4. The van der Waals surface area contributed by atoms with E-state index in [0.717, 1.165) is 13.2 Å². The van der Waals surface area contributed by atoms with Gasteiger partial charge in [0.05, 0.1) is 26.4 Å². The van der Waals surface area contributed by atoms with Crippen molar-refractivity contribution in [3.63, 3.8) is 0 Å². The summed E-state index contributed by atoms with van der Waals surface area (Å²) in [5.41, 5.74) is -0.842. The van der Waals surface area contributed by atoms with Gasteiger partial charge in [0, 0.05) is 0 Å². The Bertz CT molecular complexity index is 241. The van der Waals surface area contributed by atoms with Gasteiger partial charge in [0.1, 0.15) is 12.2 Å². The molecule has 5 nitrogen and oxygen atoms in total. The Labute approximate surface area is 103 Å². The van der Waals surface area contributed by atoms with Crippen LogP contribution in [0.2, 0.25) is 13.1 Å². The van der Waals surface area contributed by atoms with Crippen LogP contribution < -0.4 is 0 Å². The van der Waals surface area contributed by atoms with E-state index in [2.05, 4.69) is 0 Å². The maximum Gasteiger partial charge on any atom is 0.247 e. The predicted octanol–water partition coefficient (Wildman–Crippen LogP) is 0.660. The van der Waals surface area contributed by atoms with Crippen LogP contribution in [0.25, 0.3) is 0 Å². The van der Waals surface area contributed by atoms with Crippen LogP contribution in [-0.4, -0.2) is 57.2 Å². The number of hydrogen-bond acceptors (Lipinski definition) is 5. The lowest BCUT2D eigenvalue weighted by Crippen LogP contribution is -2.59. The van der Waals surface area contributed by atoms with E-state index in [4.69, 9.17) is 18.9 Å². The summed E-state index contributed by atoms with van der Waals surface area (Å²) in [5, 5.41) is 0. The minimum absolute atomic E-state index is 0.179. The highest BCUT2D eigenvalue weighted by Crippen LogP contribution is 2.31. The monoisotopic (exact) mass is 262 g/mol. The quantitative estimate of drug-likeness (QED) is 0.395. The zero-order chi connectivity index (χ0) is 12.5. The van der Waals surface area contributed by atoms with E-state index in [1.54, 1.807) is 0 Å². The zero-order valence-corrected chi connectivity index (χ0v) is 11.8. The Morgan fingerprint density at radius 1 is 1.18 bits per heavy atom. The fourth-order valence-corrected chi connectivity index (χ4v) is 3.55. The third kappa shape index (κ3) is 3.49. The molecule has 100 valence electrons. The molecule has 0 amide bonds. The molecule has 2 fully saturated rings. The lowest BCUT2D eigenvalue weighted by Gasteiger charge is -2.40. The molecule has 0 radical (unpaired) electrons. The average Bonchev–Trinajstić information content (AvgIpc) is 3.12. The fourth-order valence-electron chi connectivity index (χ4n) is 1.82. The van der Waals surface area contributed by atoms with Crippen molar-refractivity contribution in [3.8, 4) is 0 Å². The molecule has 2 atom stereocenters. The van der Waals surface area contributed by atoms with Gasteiger partial charge in [0.25, 0.3) is 0 Å². The molecular weight excluding hydrogens is 240 g/mol. The maximum absolute atomic E-state index is 10.4. The van der Waals surface area contributed by atoms with Crippen LogP contribution >= 0.6 is 0 Å². The maximum atomic E-state index is 10.4. The van der Waals surface area contributed by atoms with Crippen LogP contribution in [0.3, 0.4) is 0 Å². The van der Waals surface area contributed by atoms with Gasteiger partial charge in [-0.05, 0) is 19.5 Å². The molecule has 1 N–H and O–H groups in total. The first kappa shape index (κ1) is 13.4. The molecule has 2 unspecified atom stereocenters. The van der Waals surface area contributed by atoms with Gasteiger partial charge in [-0.25, -0.2) is 0 Å². The van der Waals surface area contributed by atoms with Crippen molar-refractivity contribution >= 4 is 8.32 Å². The largest absolute Gasteiger partial charge is 0.427 e. The summed E-state index contributed by atoms with van der Waals surface area (Å²) in [6.07, 6.45) is 0.999. The fraction of sp³-hybridized carbons (Fsp3) is 1.00. The minimum Gasteiger partial charge on any atom is -0.427 e. The normalized spacial score (nSPS) is 31.1. The van der Waals surface area contributed by atoms with Crippen molar-refractivity contribution in [3.05, 3.63) is 0 Å². The summed E-state index contributed by atoms with van der Waals surface area (Å²) in [6, 6.07) is 0. The molecule has 2 rings (SSSR count). The molecule has 0 aromatic rings. The molecule has 2 aliphatic rings. The number of rotatable bonds is 8. The topological polar surface area (TPSA) is 63.8 Å². The lowest BCUT2D eigenvalue weighted by atomic mass is 10.4. The van der Waals surface area contributed by atoms with Crippen LogP contribution in [-0.2, 0) is 18.9 Å². The molecule has 0 bridgehead atoms. The highest BCUT2D eigenvalue weighted by Gasteiger charge is 2.49. The van der Waals surface area contributed by atoms with Gasteiger partial charge in [-0.15, -0.1) is 0 Å². The van der Waals surface area contributed by atoms with Gasteiger partial charge in [0.2, 0.25) is 8.32 Å². The second-order valence-corrected chi connectivity index (χ2v) is 9.08. The van der Waals surface area contributed by atoms with E-state index >= 15 is 0 Å². The van der Waals surface area contributed by atoms with Crippen molar-refractivity contribution in [2.75, 3.05) is 26.4 Å². The predicted molar refractivity (Wildman–Crippen MR) is 64.1 cm³/mol. The highest BCUT2D eigenvalue weighted by molar-refractivity contribution is 6.72. The summed E-state index contributed by atoms with van der Waals surface area (Å²) >= 11 is 0. The van der Waals surface area contributed by atoms with Crippen molar-refractivity contribution < 1.29 is 23.7 Å². The van der Waals surface area contributed by atoms with Gasteiger partial charge in [-0.1, -0.05) is 6.92 Å². The van der Waals surface area contributed by atoms with E-state index in [0.29, 0.717) is 19.6 Å². The van der Waals surface area contributed by atoms with Crippen molar-refractivity contribution in [2.45, 2.75) is 44.1 Å². The highest BCUT2D eigenvalue weighted by atomic mass is 28.4. The van der Waals surface area contributed by atoms with Gasteiger partial charge in [-0.3, -0.25) is 0 Å². The molecule has 17 heavy (non-hydrogen) atoms. The molecular formula is C11H22O5Si. The Balaban J connectivity index is 1.94. The van der Waals surface area contributed by atoms with Gasteiger partial charge >= 0.3 is 0 Å². The van der Waals surface area contributed by atoms with Crippen LogP contribution in [0.5, 0.6) is 0 Å². The summed E-state index contributed by atoms with van der Waals surface area (Å²) in [7, 11) is -2.57. The second kappa shape index (κ2) is 4.95. The molecule has 0 aromatic carbocycles. The van der Waals surface area contributed by atoms with Crippen LogP contribution in [0.4, 0.5) is 0 Å². The van der Waals surface area contributed by atoms with Crippen LogP contribution in [0, 0.1) is 0 Å². The first-order valence-electron chi connectivity index (χ1n) is 6.20. The molecule has 0 spiro atoms. The lowest BCUT2D eigenvalue weighted by molar-refractivity contribution is -0.198. The van der Waals surface area contributed by atoms with Gasteiger partial charge in [0.15, 0.2) is 5.41 Å². The van der Waals surface area contributed by atoms with E-state index in [9.17, 15) is 4.80 Å². The third-order valence-corrected chi connectivity index (χ3v) is 5.71. The summed E-state index contributed by atoms with van der Waals surface area (Å²) in [6.45, 7) is 8.16. The molecule has 0 aromatic heterocycles. The Morgan fingerprint density at radius 2 is 1.59 bits per heavy atom. The standard InChI is InChI=1S/C11H22O5Si/c1-4-11(17(2,3)12,15-7-9-5-13-9)16-8-10-6-14-10/h9-10,12H,4-8H2,1-3H3. The molecule has 2 aliphatic heterocycles. The molecule has 2 heterocycles. The molecule has 0 aliphatic carbocycles. The van der Waals surface area contributed by atoms with Crippen molar-refractivity contribution in [2.24, 2.45) is 0 Å². The first-order valence-corrected chi connectivity index (χ1v) is 9.15. The second-order valence-electron chi connectivity index (χ2n) is 5.20. The average molecular weight is 262 g/mol. The Hall–Kier alpha value is 0.0169. The van der Waals surface area contributed by atoms with E-state index < -0.39 is 13.7 Å². The first-order chi connectivity index (χ1) is 7.97. The summed E-state index contributed by atoms with van der Waals surface area (Å²) < 4.78 is 22.0. The van der Waals surface area contributed by atoms with E-state index in [1.165, 1.54) is 0 Å². The summed E-state index contributed by atoms with van der Waals surface area (Å²) in [4.78, 5) is 10.4. The summed E-state index contributed by atoms with van der Waals surface area (Å²) in [5.74, 6) is 0. The third-order valence-electron chi connectivity index (χ3n) is 3.21. The van der Waals surface area contributed by atoms with E-state index in [-0.39, 0.29) is 12.2 Å². The van der Waals surface area contributed by atoms with E-state index in [1.807, 2.05) is 20.0 Å². The molecule has 6 heteroatoms. The Kier molecular flexibility index (Phi) is 3.91. The van der Waals surface area contributed by atoms with Crippen molar-refractivity contribution in [1.29, 1.82) is 0 Å². The van der Waals surface area contributed by atoms with Crippen LogP contribution in [0.1, 0.15) is 13.3 Å². The smallest absolute Gasteiger partial charge is 0.247 e. The number of epoxide rings is 2. The minimum atomic E-state index is -2.57. The van der Waals surface area contributed by atoms with Crippen molar-refractivity contribution in [1.82, 2.24) is 0 Å². The van der Waals surface area contributed by atoms with Gasteiger partial charge in [-0.2, -0.15) is 0 Å².